The molecule has 0 saturated carbocycles. The number of fused-ring (bicyclic) bond motifs is 1. The SMILES string of the molecule is FC1CN=C2NCC(F)CC2C1. The summed E-state index contributed by atoms with van der Waals surface area (Å²) in [5.41, 5.74) is 0. The van der Waals surface area contributed by atoms with Gasteiger partial charge in [-0.1, -0.05) is 0 Å². The third kappa shape index (κ3) is 1.42. The second-order valence-electron chi connectivity index (χ2n) is 3.47. The van der Waals surface area contributed by atoms with Crippen molar-refractivity contribution in [3.63, 3.8) is 0 Å². The summed E-state index contributed by atoms with van der Waals surface area (Å²) in [6.07, 6.45) is -0.830. The molecule has 12 heavy (non-hydrogen) atoms. The Morgan fingerprint density at radius 3 is 2.83 bits per heavy atom. The lowest BCUT2D eigenvalue weighted by molar-refractivity contribution is 0.219. The number of rotatable bonds is 0. The van der Waals surface area contributed by atoms with Gasteiger partial charge in [-0.25, -0.2) is 8.78 Å². The highest BCUT2D eigenvalue weighted by Gasteiger charge is 2.31. The highest BCUT2D eigenvalue weighted by Crippen LogP contribution is 2.25. The van der Waals surface area contributed by atoms with Gasteiger partial charge in [-0.3, -0.25) is 4.99 Å². The fourth-order valence-electron chi connectivity index (χ4n) is 1.84. The van der Waals surface area contributed by atoms with E-state index in [4.69, 9.17) is 0 Å². The number of piperidine rings is 1. The molecule has 3 atom stereocenters. The molecule has 2 rings (SSSR count). The lowest BCUT2D eigenvalue weighted by atomic mass is 9.90. The second kappa shape index (κ2) is 2.99. The third-order valence-electron chi connectivity index (χ3n) is 2.43. The molecule has 2 aliphatic heterocycles. The van der Waals surface area contributed by atoms with Crippen molar-refractivity contribution in [2.75, 3.05) is 13.1 Å². The molecule has 0 aromatic rings. The molecule has 0 spiro atoms. The Labute approximate surface area is 70.1 Å². The van der Waals surface area contributed by atoms with Gasteiger partial charge in [-0.2, -0.15) is 0 Å². The van der Waals surface area contributed by atoms with Crippen LogP contribution in [0, 0.1) is 5.92 Å². The van der Waals surface area contributed by atoms with Crippen LogP contribution in [0.3, 0.4) is 0 Å². The van der Waals surface area contributed by atoms with Crippen molar-refractivity contribution >= 4 is 5.84 Å². The second-order valence-corrected chi connectivity index (χ2v) is 3.47. The normalized spacial score (nSPS) is 41.2. The van der Waals surface area contributed by atoms with Crippen LogP contribution in [0.5, 0.6) is 0 Å². The Kier molecular flexibility index (Phi) is 1.98. The van der Waals surface area contributed by atoms with E-state index in [2.05, 4.69) is 10.3 Å². The maximum absolute atomic E-state index is 12.8. The van der Waals surface area contributed by atoms with Crippen molar-refractivity contribution in [3.8, 4) is 0 Å². The zero-order chi connectivity index (χ0) is 8.55. The van der Waals surface area contributed by atoms with Crippen molar-refractivity contribution in [2.45, 2.75) is 25.2 Å². The van der Waals surface area contributed by atoms with E-state index in [0.29, 0.717) is 19.4 Å². The quantitative estimate of drug-likeness (QED) is 0.583. The van der Waals surface area contributed by atoms with Gasteiger partial charge in [0.1, 0.15) is 12.3 Å². The molecular formula is C8H12F2N2. The molecule has 0 amide bonds. The third-order valence-corrected chi connectivity index (χ3v) is 2.43. The molecule has 0 radical (unpaired) electrons. The fraction of sp³-hybridized carbons (Fsp3) is 0.875. The first-order chi connectivity index (χ1) is 5.75. The van der Waals surface area contributed by atoms with Crippen LogP contribution in [0.2, 0.25) is 0 Å². The Morgan fingerprint density at radius 2 is 2.00 bits per heavy atom. The molecule has 2 heterocycles. The zero-order valence-corrected chi connectivity index (χ0v) is 6.76. The number of aliphatic imine (C=N–C) groups is 1. The van der Waals surface area contributed by atoms with Gasteiger partial charge in [-0.05, 0) is 12.8 Å². The van der Waals surface area contributed by atoms with E-state index < -0.39 is 12.3 Å². The largest absolute Gasteiger partial charge is 0.371 e. The van der Waals surface area contributed by atoms with Crippen LogP contribution >= 0.6 is 0 Å². The van der Waals surface area contributed by atoms with Gasteiger partial charge >= 0.3 is 0 Å². The molecule has 0 bridgehead atoms. The number of nitrogens with one attached hydrogen (secondary N) is 1. The zero-order valence-electron chi connectivity index (χ0n) is 6.76. The first-order valence-electron chi connectivity index (χ1n) is 4.32. The Bertz CT molecular complexity index is 205. The minimum atomic E-state index is -0.870. The standard InChI is InChI=1S/C8H12F2N2/c9-6-1-5-2-7(10)4-12-8(5)11-3-6/h5-7H,1-4H2,(H,11,12). The molecule has 0 aliphatic carbocycles. The van der Waals surface area contributed by atoms with Crippen LogP contribution in [-0.2, 0) is 0 Å². The number of hydrogen-bond donors (Lipinski definition) is 1. The highest BCUT2D eigenvalue weighted by molar-refractivity contribution is 5.86. The molecule has 3 unspecified atom stereocenters. The number of alkyl halides is 2. The van der Waals surface area contributed by atoms with E-state index in [9.17, 15) is 8.78 Å². The molecule has 0 aromatic heterocycles. The number of nitrogens with zero attached hydrogens (tertiary/aromatic N) is 1. The smallest absolute Gasteiger partial charge is 0.120 e. The molecule has 2 aliphatic rings. The fourth-order valence-corrected chi connectivity index (χ4v) is 1.84. The predicted molar refractivity (Wildman–Crippen MR) is 42.8 cm³/mol. The lowest BCUT2D eigenvalue weighted by Crippen LogP contribution is -2.46. The van der Waals surface area contributed by atoms with Crippen LogP contribution < -0.4 is 5.32 Å². The van der Waals surface area contributed by atoms with E-state index in [1.54, 1.807) is 0 Å². The molecular weight excluding hydrogens is 162 g/mol. The summed E-state index contributed by atoms with van der Waals surface area (Å²) < 4.78 is 25.7. The topological polar surface area (TPSA) is 24.4 Å². The first kappa shape index (κ1) is 7.95. The van der Waals surface area contributed by atoms with E-state index in [0.717, 1.165) is 5.84 Å². The Balaban J connectivity index is 2.07. The minimum absolute atomic E-state index is 0.00231. The lowest BCUT2D eigenvalue weighted by Gasteiger charge is -2.31. The summed E-state index contributed by atoms with van der Waals surface area (Å²) >= 11 is 0. The van der Waals surface area contributed by atoms with Crippen molar-refractivity contribution in [1.29, 1.82) is 0 Å². The van der Waals surface area contributed by atoms with Crippen LogP contribution in [-0.4, -0.2) is 31.3 Å². The van der Waals surface area contributed by atoms with Gasteiger partial charge in [0, 0.05) is 12.5 Å². The maximum Gasteiger partial charge on any atom is 0.120 e. The van der Waals surface area contributed by atoms with E-state index in [-0.39, 0.29) is 12.5 Å². The monoisotopic (exact) mass is 174 g/mol. The molecule has 1 N–H and O–H groups in total. The summed E-state index contributed by atoms with van der Waals surface area (Å²) in [5, 5.41) is 2.90. The predicted octanol–water partition coefficient (Wildman–Crippen LogP) is 1.07. The van der Waals surface area contributed by atoms with Crippen LogP contribution in [0.4, 0.5) is 8.78 Å². The van der Waals surface area contributed by atoms with E-state index in [1.807, 2.05) is 0 Å². The van der Waals surface area contributed by atoms with Gasteiger partial charge in [0.15, 0.2) is 0 Å². The molecule has 0 aromatic carbocycles. The van der Waals surface area contributed by atoms with Crippen LogP contribution in [0.1, 0.15) is 12.8 Å². The van der Waals surface area contributed by atoms with Gasteiger partial charge in [0.05, 0.1) is 12.4 Å². The average molecular weight is 174 g/mol. The summed E-state index contributed by atoms with van der Waals surface area (Å²) in [6.45, 7) is 0.585. The molecule has 1 fully saturated rings. The van der Waals surface area contributed by atoms with E-state index >= 15 is 0 Å². The van der Waals surface area contributed by atoms with Crippen LogP contribution in [0.15, 0.2) is 4.99 Å². The first-order valence-corrected chi connectivity index (χ1v) is 4.32. The van der Waals surface area contributed by atoms with Crippen molar-refractivity contribution < 1.29 is 8.78 Å². The van der Waals surface area contributed by atoms with Gasteiger partial charge in [0.25, 0.3) is 0 Å². The van der Waals surface area contributed by atoms with E-state index in [1.165, 1.54) is 0 Å². The number of halogens is 2. The maximum atomic E-state index is 12.8. The molecule has 68 valence electrons. The van der Waals surface area contributed by atoms with Crippen LogP contribution in [0.25, 0.3) is 0 Å². The molecule has 2 nitrogen and oxygen atoms in total. The number of hydrogen-bond acceptors (Lipinski definition) is 2. The summed E-state index contributed by atoms with van der Waals surface area (Å²) in [4.78, 5) is 4.03. The Hall–Kier alpha value is -0.670. The molecule has 4 heteroatoms. The Morgan fingerprint density at radius 1 is 1.25 bits per heavy atom. The van der Waals surface area contributed by atoms with Gasteiger partial charge < -0.3 is 5.32 Å². The van der Waals surface area contributed by atoms with Crippen molar-refractivity contribution in [2.24, 2.45) is 10.9 Å². The minimum Gasteiger partial charge on any atom is -0.371 e. The summed E-state index contributed by atoms with van der Waals surface area (Å²) in [6, 6.07) is 0. The summed E-state index contributed by atoms with van der Waals surface area (Å²) in [7, 11) is 0. The van der Waals surface area contributed by atoms with Crippen molar-refractivity contribution in [3.05, 3.63) is 0 Å². The average Bonchev–Trinajstić information content (AvgIpc) is 2.03. The highest BCUT2D eigenvalue weighted by atomic mass is 19.1. The molecule has 1 saturated heterocycles. The van der Waals surface area contributed by atoms with Crippen molar-refractivity contribution in [1.82, 2.24) is 5.32 Å². The van der Waals surface area contributed by atoms with Gasteiger partial charge in [0.2, 0.25) is 0 Å². The summed E-state index contributed by atoms with van der Waals surface area (Å²) in [5.74, 6) is 0.815. The number of amidine groups is 1. The van der Waals surface area contributed by atoms with Gasteiger partial charge in [-0.15, -0.1) is 0 Å².